The van der Waals surface area contributed by atoms with Crippen molar-refractivity contribution in [1.82, 2.24) is 4.90 Å². The lowest BCUT2D eigenvalue weighted by Crippen LogP contribution is -2.54. The van der Waals surface area contributed by atoms with Gasteiger partial charge in [0.15, 0.2) is 11.4 Å². The van der Waals surface area contributed by atoms with Gasteiger partial charge >= 0.3 is 6.18 Å². The topological polar surface area (TPSA) is 82.1 Å². The summed E-state index contributed by atoms with van der Waals surface area (Å²) in [7, 11) is 0. The van der Waals surface area contributed by atoms with Gasteiger partial charge in [-0.2, -0.15) is 13.2 Å². The smallest absolute Gasteiger partial charge is 0.409 e. The van der Waals surface area contributed by atoms with Gasteiger partial charge in [0.2, 0.25) is 0 Å². The van der Waals surface area contributed by atoms with Crippen molar-refractivity contribution in [1.29, 1.82) is 0 Å². The minimum Gasteiger partial charge on any atom is -0.409 e. The van der Waals surface area contributed by atoms with Crippen LogP contribution in [0.4, 0.5) is 13.2 Å². The first-order valence-electron chi connectivity index (χ1n) is 4.76. The molecule has 1 rings (SSSR count). The first kappa shape index (κ1) is 13.0. The number of piperidine rings is 1. The highest BCUT2D eigenvalue weighted by molar-refractivity contribution is 5.81. The van der Waals surface area contributed by atoms with E-state index in [1.165, 1.54) is 0 Å². The van der Waals surface area contributed by atoms with Crippen LogP contribution in [0.2, 0.25) is 0 Å². The summed E-state index contributed by atoms with van der Waals surface area (Å²) >= 11 is 0. The van der Waals surface area contributed by atoms with Crippen LogP contribution in [-0.4, -0.2) is 52.5 Å². The average molecular weight is 241 g/mol. The molecule has 0 saturated carbocycles. The summed E-state index contributed by atoms with van der Waals surface area (Å²) in [6.07, 6.45) is -5.39. The highest BCUT2D eigenvalue weighted by Crippen LogP contribution is 2.38. The number of hydrogen-bond donors (Lipinski definition) is 3. The number of amidine groups is 1. The molecule has 0 radical (unpaired) electrons. The number of aliphatic hydroxyl groups is 1. The zero-order valence-electron chi connectivity index (χ0n) is 8.54. The molecule has 5 nitrogen and oxygen atoms in total. The third-order valence-corrected chi connectivity index (χ3v) is 2.72. The molecule has 16 heavy (non-hydrogen) atoms. The SMILES string of the molecule is N/C(CN1CCC(O)(C(F)(F)F)CC1)=N\O. The van der Waals surface area contributed by atoms with Gasteiger partial charge in [-0.25, -0.2) is 0 Å². The van der Waals surface area contributed by atoms with Crippen LogP contribution in [0.5, 0.6) is 0 Å². The molecule has 0 unspecified atom stereocenters. The Kier molecular flexibility index (Phi) is 3.64. The van der Waals surface area contributed by atoms with Gasteiger partial charge in [-0.3, -0.25) is 4.90 Å². The monoisotopic (exact) mass is 241 g/mol. The summed E-state index contributed by atoms with van der Waals surface area (Å²) in [6, 6.07) is 0. The van der Waals surface area contributed by atoms with Crippen molar-refractivity contribution < 1.29 is 23.5 Å². The number of oxime groups is 1. The van der Waals surface area contributed by atoms with E-state index in [1.807, 2.05) is 0 Å². The second-order valence-corrected chi connectivity index (χ2v) is 3.90. The Morgan fingerprint density at radius 2 is 1.88 bits per heavy atom. The summed E-state index contributed by atoms with van der Waals surface area (Å²) in [6.45, 7) is 0.225. The molecule has 0 aromatic carbocycles. The molecule has 0 aromatic heterocycles. The number of halogens is 3. The quantitative estimate of drug-likeness (QED) is 0.277. The van der Waals surface area contributed by atoms with Crippen LogP contribution in [0, 0.1) is 0 Å². The van der Waals surface area contributed by atoms with Crippen LogP contribution in [-0.2, 0) is 0 Å². The third-order valence-electron chi connectivity index (χ3n) is 2.72. The Labute approximate surface area is 90.3 Å². The van der Waals surface area contributed by atoms with Gasteiger partial charge in [-0.05, 0) is 12.8 Å². The maximum atomic E-state index is 12.4. The second-order valence-electron chi connectivity index (χ2n) is 3.90. The van der Waals surface area contributed by atoms with E-state index in [1.54, 1.807) is 4.90 Å². The zero-order valence-corrected chi connectivity index (χ0v) is 8.54. The van der Waals surface area contributed by atoms with E-state index in [2.05, 4.69) is 5.16 Å². The fourth-order valence-electron chi connectivity index (χ4n) is 1.63. The maximum Gasteiger partial charge on any atom is 0.417 e. The number of hydrogen-bond acceptors (Lipinski definition) is 4. The Morgan fingerprint density at radius 3 is 2.25 bits per heavy atom. The average Bonchev–Trinajstić information content (AvgIpc) is 2.20. The fraction of sp³-hybridized carbons (Fsp3) is 0.875. The molecule has 1 aliphatic rings. The van der Waals surface area contributed by atoms with Crippen molar-refractivity contribution in [3.05, 3.63) is 0 Å². The predicted molar refractivity (Wildman–Crippen MR) is 50.1 cm³/mol. The molecule has 0 aromatic rings. The summed E-state index contributed by atoms with van der Waals surface area (Å²) in [5, 5.41) is 20.4. The molecule has 0 atom stereocenters. The highest BCUT2D eigenvalue weighted by atomic mass is 19.4. The van der Waals surface area contributed by atoms with Gasteiger partial charge in [0.1, 0.15) is 0 Å². The van der Waals surface area contributed by atoms with Crippen molar-refractivity contribution in [3.8, 4) is 0 Å². The van der Waals surface area contributed by atoms with Crippen molar-refractivity contribution in [2.45, 2.75) is 24.6 Å². The number of rotatable bonds is 2. The van der Waals surface area contributed by atoms with Gasteiger partial charge < -0.3 is 16.0 Å². The van der Waals surface area contributed by atoms with Gasteiger partial charge in [0.25, 0.3) is 0 Å². The minimum atomic E-state index is -4.60. The van der Waals surface area contributed by atoms with E-state index in [4.69, 9.17) is 10.9 Å². The molecular weight excluding hydrogens is 227 g/mol. The van der Waals surface area contributed by atoms with Crippen LogP contribution < -0.4 is 5.73 Å². The summed E-state index contributed by atoms with van der Waals surface area (Å²) in [5.41, 5.74) is 2.63. The lowest BCUT2D eigenvalue weighted by atomic mass is 9.91. The first-order chi connectivity index (χ1) is 7.28. The Balaban J connectivity index is 2.51. The van der Waals surface area contributed by atoms with E-state index < -0.39 is 24.6 Å². The van der Waals surface area contributed by atoms with Gasteiger partial charge in [0.05, 0.1) is 6.54 Å². The Hall–Kier alpha value is -1.02. The molecule has 0 bridgehead atoms. The molecule has 8 heteroatoms. The van der Waals surface area contributed by atoms with E-state index >= 15 is 0 Å². The first-order valence-corrected chi connectivity index (χ1v) is 4.76. The molecule has 0 spiro atoms. The van der Waals surface area contributed by atoms with E-state index in [0.717, 1.165) is 0 Å². The van der Waals surface area contributed by atoms with Crippen LogP contribution in [0.25, 0.3) is 0 Å². The number of alkyl halides is 3. The van der Waals surface area contributed by atoms with Crippen LogP contribution >= 0.6 is 0 Å². The third kappa shape index (κ3) is 2.76. The van der Waals surface area contributed by atoms with Crippen molar-refractivity contribution in [3.63, 3.8) is 0 Å². The van der Waals surface area contributed by atoms with Crippen LogP contribution in [0.1, 0.15) is 12.8 Å². The normalized spacial score (nSPS) is 23.4. The molecule has 0 amide bonds. The molecule has 4 N–H and O–H groups in total. The van der Waals surface area contributed by atoms with E-state index in [0.29, 0.717) is 0 Å². The summed E-state index contributed by atoms with van der Waals surface area (Å²) < 4.78 is 37.3. The van der Waals surface area contributed by atoms with Gasteiger partial charge in [0, 0.05) is 13.1 Å². The maximum absolute atomic E-state index is 12.4. The second kappa shape index (κ2) is 4.46. The van der Waals surface area contributed by atoms with Crippen molar-refractivity contribution in [2.75, 3.05) is 19.6 Å². The summed E-state index contributed by atoms with van der Waals surface area (Å²) in [4.78, 5) is 1.59. The van der Waals surface area contributed by atoms with E-state index in [-0.39, 0.29) is 25.5 Å². The lowest BCUT2D eigenvalue weighted by Gasteiger charge is -2.38. The summed E-state index contributed by atoms with van der Waals surface area (Å²) in [5.74, 6) is -0.0579. The molecule has 94 valence electrons. The Morgan fingerprint density at radius 1 is 1.38 bits per heavy atom. The Bertz CT molecular complexity index is 272. The fourth-order valence-corrected chi connectivity index (χ4v) is 1.63. The molecule has 1 saturated heterocycles. The number of nitrogens with zero attached hydrogens (tertiary/aromatic N) is 2. The number of nitrogens with two attached hydrogens (primary N) is 1. The standard InChI is InChI=1S/C8H14F3N3O2/c9-8(10,11)7(15)1-3-14(4-2-7)5-6(12)13-16/h15-16H,1-5H2,(H2,12,13). The van der Waals surface area contributed by atoms with Crippen molar-refractivity contribution in [2.24, 2.45) is 10.9 Å². The van der Waals surface area contributed by atoms with Crippen LogP contribution in [0.3, 0.4) is 0 Å². The minimum absolute atomic E-state index is 0.0579. The molecule has 0 aliphatic carbocycles. The number of likely N-dealkylation sites (tertiary alicyclic amines) is 1. The largest absolute Gasteiger partial charge is 0.417 e. The van der Waals surface area contributed by atoms with Crippen molar-refractivity contribution >= 4 is 5.84 Å². The molecule has 1 fully saturated rings. The van der Waals surface area contributed by atoms with E-state index in [9.17, 15) is 18.3 Å². The predicted octanol–water partition coefficient (Wildman–Crippen LogP) is 0.122. The highest BCUT2D eigenvalue weighted by Gasteiger charge is 2.54. The van der Waals surface area contributed by atoms with Crippen LogP contribution in [0.15, 0.2) is 5.16 Å². The van der Waals surface area contributed by atoms with Gasteiger partial charge in [-0.15, -0.1) is 0 Å². The zero-order chi connectivity index (χ0) is 12.4. The molecule has 1 aliphatic heterocycles. The molecule has 1 heterocycles. The lowest BCUT2D eigenvalue weighted by molar-refractivity contribution is -0.272. The van der Waals surface area contributed by atoms with Gasteiger partial charge in [-0.1, -0.05) is 5.16 Å². The molecular formula is C8H14F3N3O2.